The van der Waals surface area contributed by atoms with Gasteiger partial charge in [-0.1, -0.05) is 6.92 Å². The summed E-state index contributed by atoms with van der Waals surface area (Å²) in [5.74, 6) is 0.0937. The van der Waals surface area contributed by atoms with Crippen LogP contribution in [0.2, 0.25) is 0 Å². The summed E-state index contributed by atoms with van der Waals surface area (Å²) in [5.41, 5.74) is -3.61. The number of aromatic nitrogens is 4. The van der Waals surface area contributed by atoms with E-state index >= 15 is 0 Å². The summed E-state index contributed by atoms with van der Waals surface area (Å²) in [5, 5.41) is -0.246. The van der Waals surface area contributed by atoms with Crippen LogP contribution in [0, 0.1) is 0 Å². The number of halogens is 4. The van der Waals surface area contributed by atoms with Crippen molar-refractivity contribution in [1.29, 1.82) is 0 Å². The average molecular weight is 481 g/mol. The molecule has 12 heteroatoms. The van der Waals surface area contributed by atoms with Crippen LogP contribution in [0.5, 0.6) is 0 Å². The number of hydrogen-bond acceptors (Lipinski definition) is 6. The summed E-state index contributed by atoms with van der Waals surface area (Å²) in [6.45, 7) is 1.51. The first-order valence-corrected chi connectivity index (χ1v) is 10.7. The van der Waals surface area contributed by atoms with Gasteiger partial charge in [0.05, 0.1) is 27.9 Å². The van der Waals surface area contributed by atoms with Crippen LogP contribution in [0.25, 0.3) is 22.6 Å². The third-order valence-corrected chi connectivity index (χ3v) is 6.55. The Morgan fingerprint density at radius 2 is 1.93 bits per heavy atom. The van der Waals surface area contributed by atoms with E-state index in [1.807, 2.05) is 0 Å². The third kappa shape index (κ3) is 4.11. The number of aryl methyl sites for hydroxylation is 1. The van der Waals surface area contributed by atoms with E-state index in [9.17, 15) is 21.6 Å². The standard InChI is InChI=1S/C15H12BrF3N4O2S2/c1-3-27(24,25)11-4-8(16)6-21-13(11)14-22-9-5-12(26-15(17,18)19)20-7-10(9)23(14)2/h4-7H,3H2,1-2H3. The van der Waals surface area contributed by atoms with Crippen molar-refractivity contribution in [2.45, 2.75) is 22.4 Å². The molecule has 0 atom stereocenters. The first kappa shape index (κ1) is 20.1. The van der Waals surface area contributed by atoms with Gasteiger partial charge in [-0.3, -0.25) is 4.98 Å². The number of rotatable bonds is 4. The predicted molar refractivity (Wildman–Crippen MR) is 99.1 cm³/mol. The first-order valence-electron chi connectivity index (χ1n) is 7.48. The molecule has 0 radical (unpaired) electrons. The maximum Gasteiger partial charge on any atom is 0.447 e. The highest BCUT2D eigenvalue weighted by Crippen LogP contribution is 2.37. The molecule has 0 aliphatic heterocycles. The molecule has 0 unspecified atom stereocenters. The van der Waals surface area contributed by atoms with Crippen molar-refractivity contribution >= 4 is 48.6 Å². The van der Waals surface area contributed by atoms with Gasteiger partial charge in [0.15, 0.2) is 15.7 Å². The number of thioether (sulfide) groups is 1. The molecule has 0 saturated carbocycles. The van der Waals surface area contributed by atoms with Crippen LogP contribution in [-0.2, 0) is 16.9 Å². The van der Waals surface area contributed by atoms with Crippen LogP contribution >= 0.6 is 27.7 Å². The number of imidazole rings is 1. The average Bonchev–Trinajstić information content (AvgIpc) is 2.89. The highest BCUT2D eigenvalue weighted by Gasteiger charge is 2.30. The summed E-state index contributed by atoms with van der Waals surface area (Å²) in [6.07, 6.45) is 2.71. The van der Waals surface area contributed by atoms with Gasteiger partial charge in [-0.2, -0.15) is 13.2 Å². The molecule has 0 amide bonds. The van der Waals surface area contributed by atoms with Crippen LogP contribution in [0.15, 0.2) is 38.9 Å². The fourth-order valence-electron chi connectivity index (χ4n) is 2.44. The van der Waals surface area contributed by atoms with Gasteiger partial charge < -0.3 is 4.57 Å². The number of hydrogen-bond donors (Lipinski definition) is 0. The van der Waals surface area contributed by atoms with E-state index in [4.69, 9.17) is 0 Å². The lowest BCUT2D eigenvalue weighted by atomic mass is 10.3. The number of fused-ring (bicyclic) bond motifs is 1. The highest BCUT2D eigenvalue weighted by atomic mass is 79.9. The highest BCUT2D eigenvalue weighted by molar-refractivity contribution is 9.10. The Kier molecular flexibility index (Phi) is 5.25. The molecule has 27 heavy (non-hydrogen) atoms. The molecule has 0 aliphatic carbocycles. The predicted octanol–water partition coefficient (Wildman–Crippen LogP) is 4.20. The third-order valence-electron chi connectivity index (χ3n) is 3.71. The zero-order valence-electron chi connectivity index (χ0n) is 14.0. The summed E-state index contributed by atoms with van der Waals surface area (Å²) in [4.78, 5) is 12.3. The lowest BCUT2D eigenvalue weighted by Crippen LogP contribution is -2.08. The van der Waals surface area contributed by atoms with Gasteiger partial charge in [0.1, 0.15) is 10.7 Å². The van der Waals surface area contributed by atoms with E-state index in [1.54, 1.807) is 11.6 Å². The second kappa shape index (κ2) is 7.06. The van der Waals surface area contributed by atoms with Crippen LogP contribution in [0.1, 0.15) is 6.92 Å². The molecule has 0 saturated heterocycles. The molecular formula is C15H12BrF3N4O2S2. The van der Waals surface area contributed by atoms with Gasteiger partial charge in [-0.25, -0.2) is 18.4 Å². The van der Waals surface area contributed by atoms with Gasteiger partial charge in [0.25, 0.3) is 0 Å². The minimum absolute atomic E-state index is 0.00405. The molecule has 3 heterocycles. The van der Waals surface area contributed by atoms with Crippen molar-refractivity contribution < 1.29 is 21.6 Å². The maximum atomic E-state index is 12.6. The van der Waals surface area contributed by atoms with Crippen LogP contribution < -0.4 is 0 Å². The Hall–Kier alpha value is -1.66. The minimum Gasteiger partial charge on any atom is -0.324 e. The zero-order valence-corrected chi connectivity index (χ0v) is 17.2. The Morgan fingerprint density at radius 1 is 1.22 bits per heavy atom. The van der Waals surface area contributed by atoms with Crippen molar-refractivity contribution in [2.24, 2.45) is 7.05 Å². The fraction of sp³-hybridized carbons (Fsp3) is 0.267. The monoisotopic (exact) mass is 480 g/mol. The molecule has 0 spiro atoms. The van der Waals surface area contributed by atoms with E-state index in [-0.39, 0.29) is 44.5 Å². The van der Waals surface area contributed by atoms with Gasteiger partial charge in [0, 0.05) is 29.5 Å². The first-order chi connectivity index (χ1) is 12.5. The summed E-state index contributed by atoms with van der Waals surface area (Å²) >= 11 is 2.87. The molecular weight excluding hydrogens is 469 g/mol. The zero-order chi connectivity index (χ0) is 20.0. The van der Waals surface area contributed by atoms with E-state index in [0.29, 0.717) is 9.99 Å². The van der Waals surface area contributed by atoms with Gasteiger partial charge >= 0.3 is 5.51 Å². The lowest BCUT2D eigenvalue weighted by molar-refractivity contribution is -0.0329. The molecule has 0 N–H and O–H groups in total. The second-order valence-electron chi connectivity index (χ2n) is 5.46. The van der Waals surface area contributed by atoms with Crippen molar-refractivity contribution in [1.82, 2.24) is 19.5 Å². The molecule has 144 valence electrons. The molecule has 0 fully saturated rings. The quantitative estimate of drug-likeness (QED) is 0.520. The van der Waals surface area contributed by atoms with E-state index in [0.717, 1.165) is 0 Å². The Balaban J connectivity index is 2.20. The molecule has 3 aromatic heterocycles. The maximum absolute atomic E-state index is 12.6. The van der Waals surface area contributed by atoms with Crippen LogP contribution in [0.3, 0.4) is 0 Å². The minimum atomic E-state index is -4.46. The molecule has 0 aliphatic rings. The van der Waals surface area contributed by atoms with E-state index < -0.39 is 15.3 Å². The molecule has 0 aromatic carbocycles. The van der Waals surface area contributed by atoms with Gasteiger partial charge in [-0.15, -0.1) is 0 Å². The Bertz CT molecular complexity index is 1130. The number of nitrogens with zero attached hydrogens (tertiary/aromatic N) is 4. The SMILES string of the molecule is CCS(=O)(=O)c1cc(Br)cnc1-c1nc2cc(SC(F)(F)F)ncc2n1C. The van der Waals surface area contributed by atoms with Crippen LogP contribution in [0.4, 0.5) is 13.2 Å². The number of alkyl halides is 3. The van der Waals surface area contributed by atoms with E-state index in [1.165, 1.54) is 31.5 Å². The Morgan fingerprint density at radius 3 is 2.56 bits per heavy atom. The summed E-state index contributed by atoms with van der Waals surface area (Å²) in [7, 11) is -1.98. The summed E-state index contributed by atoms with van der Waals surface area (Å²) < 4.78 is 64.6. The normalized spacial score (nSPS) is 12.7. The molecule has 3 rings (SSSR count). The molecule has 0 bridgehead atoms. The van der Waals surface area contributed by atoms with Gasteiger partial charge in [-0.05, 0) is 28.1 Å². The van der Waals surface area contributed by atoms with Crippen molar-refractivity contribution in [3.05, 3.63) is 29.0 Å². The van der Waals surface area contributed by atoms with Crippen molar-refractivity contribution in [2.75, 3.05) is 5.75 Å². The Labute approximate surface area is 165 Å². The smallest absolute Gasteiger partial charge is 0.324 e. The molecule has 3 aromatic rings. The summed E-state index contributed by atoms with van der Waals surface area (Å²) in [6, 6.07) is 2.65. The number of pyridine rings is 2. The van der Waals surface area contributed by atoms with E-state index in [2.05, 4.69) is 30.9 Å². The van der Waals surface area contributed by atoms with Crippen molar-refractivity contribution in [3.63, 3.8) is 0 Å². The topological polar surface area (TPSA) is 77.7 Å². The van der Waals surface area contributed by atoms with Gasteiger partial charge in [0.2, 0.25) is 0 Å². The molecule has 6 nitrogen and oxygen atoms in total. The van der Waals surface area contributed by atoms with Crippen LogP contribution in [-0.4, -0.2) is 39.2 Å². The number of sulfone groups is 1. The lowest BCUT2D eigenvalue weighted by Gasteiger charge is -2.09. The van der Waals surface area contributed by atoms with Crippen molar-refractivity contribution in [3.8, 4) is 11.5 Å². The fourth-order valence-corrected chi connectivity index (χ4v) is 4.49. The second-order valence-corrected chi connectivity index (χ2v) is 9.70. The largest absolute Gasteiger partial charge is 0.447 e.